The zero-order chi connectivity index (χ0) is 30.2. The predicted molar refractivity (Wildman–Crippen MR) is 163 cm³/mol. The van der Waals surface area contributed by atoms with Crippen LogP contribution < -0.4 is 10.1 Å². The average molecular weight is 630 g/mol. The van der Waals surface area contributed by atoms with E-state index >= 15 is 0 Å². The van der Waals surface area contributed by atoms with E-state index < -0.39 is 26.2 Å². The van der Waals surface area contributed by atoms with E-state index in [0.717, 1.165) is 30.0 Å². The van der Waals surface area contributed by atoms with Crippen molar-refractivity contribution in [3.05, 3.63) is 66.7 Å². The molecule has 2 N–H and O–H groups in total. The quantitative estimate of drug-likeness (QED) is 0.332. The van der Waals surface area contributed by atoms with Crippen molar-refractivity contribution in [3.63, 3.8) is 0 Å². The van der Waals surface area contributed by atoms with E-state index in [9.17, 15) is 21.9 Å². The monoisotopic (exact) mass is 629 g/mol. The van der Waals surface area contributed by atoms with Crippen LogP contribution in [0.4, 0.5) is 0 Å². The Kier molecular flexibility index (Phi) is 8.55. The molecule has 1 spiro atoms. The molecule has 0 amide bonds. The fraction of sp³-hybridized carbons (Fsp3) is 0.484. The highest BCUT2D eigenvalue weighted by atomic mass is 32.2. The molecule has 2 saturated heterocycles. The number of nitrogens with zero attached hydrogens (tertiary/aromatic N) is 2. The number of aliphatic hydroxyl groups is 1. The summed E-state index contributed by atoms with van der Waals surface area (Å²) in [6.45, 7) is 1.57. The number of ether oxygens (including phenoxy) is 2. The van der Waals surface area contributed by atoms with Crippen LogP contribution in [-0.2, 0) is 24.8 Å². The fourth-order valence-electron chi connectivity index (χ4n) is 6.01. The molecule has 232 valence electrons. The van der Waals surface area contributed by atoms with Gasteiger partial charge in [0.25, 0.3) is 0 Å². The molecule has 3 aromatic carbocycles. The standard InChI is InChI=1S/C31H39N3O7S2/c1-33(26-10-11-26)42(36,37)29-8-4-7-28(18-29)40-22-27(35)20-32-25-19-31(41-21-25)13-15-34(16-14-31)43(38,39)30-12-9-23-5-2-3-6-24(23)17-30/h2-9,12,17-18,25-27,32,35H,10-11,13-16,19-22H2,1H3. The Morgan fingerprint density at radius 3 is 2.49 bits per heavy atom. The molecule has 12 heteroatoms. The van der Waals surface area contributed by atoms with Crippen molar-refractivity contribution >= 4 is 30.8 Å². The van der Waals surface area contributed by atoms with Gasteiger partial charge < -0.3 is 19.9 Å². The molecule has 43 heavy (non-hydrogen) atoms. The van der Waals surface area contributed by atoms with E-state index in [1.165, 1.54) is 10.4 Å². The van der Waals surface area contributed by atoms with E-state index in [4.69, 9.17) is 9.47 Å². The summed E-state index contributed by atoms with van der Waals surface area (Å²) in [5.74, 6) is 0.387. The third-order valence-corrected chi connectivity index (χ3v) is 12.6. The number of piperidine rings is 1. The smallest absolute Gasteiger partial charge is 0.243 e. The lowest BCUT2D eigenvalue weighted by molar-refractivity contribution is -0.0312. The van der Waals surface area contributed by atoms with E-state index in [1.807, 2.05) is 30.3 Å². The van der Waals surface area contributed by atoms with Gasteiger partial charge in [0.15, 0.2) is 0 Å². The largest absolute Gasteiger partial charge is 0.491 e. The van der Waals surface area contributed by atoms with Gasteiger partial charge in [-0.05, 0) is 67.1 Å². The summed E-state index contributed by atoms with van der Waals surface area (Å²) < 4.78 is 67.3. The Hall–Kier alpha value is -2.58. The van der Waals surface area contributed by atoms with Gasteiger partial charge in [0.2, 0.25) is 20.0 Å². The number of rotatable bonds is 11. The first-order valence-corrected chi connectivity index (χ1v) is 17.7. The summed E-state index contributed by atoms with van der Waals surface area (Å²) in [6, 6.07) is 19.4. The summed E-state index contributed by atoms with van der Waals surface area (Å²) >= 11 is 0. The molecule has 0 radical (unpaired) electrons. The van der Waals surface area contributed by atoms with E-state index in [0.29, 0.717) is 43.2 Å². The van der Waals surface area contributed by atoms with Crippen LogP contribution in [-0.4, -0.2) is 94.2 Å². The number of hydrogen-bond acceptors (Lipinski definition) is 8. The lowest BCUT2D eigenvalue weighted by atomic mass is 9.88. The number of fused-ring (bicyclic) bond motifs is 1. The molecule has 3 aliphatic rings. The SMILES string of the molecule is CN(C1CC1)S(=O)(=O)c1cccc(OCC(O)CNC2COC3(CCN(S(=O)(=O)c4ccc5ccccc5c4)CC3)C2)c1. The molecule has 2 atom stereocenters. The van der Waals surface area contributed by atoms with Crippen molar-refractivity contribution in [3.8, 4) is 5.75 Å². The molecule has 0 bridgehead atoms. The Morgan fingerprint density at radius 2 is 1.74 bits per heavy atom. The van der Waals surface area contributed by atoms with Crippen molar-refractivity contribution in [2.45, 2.75) is 65.7 Å². The molecule has 0 aromatic heterocycles. The van der Waals surface area contributed by atoms with Gasteiger partial charge in [0.05, 0.1) is 22.0 Å². The first-order chi connectivity index (χ1) is 20.6. The van der Waals surface area contributed by atoms with Gasteiger partial charge in [0.1, 0.15) is 18.5 Å². The van der Waals surface area contributed by atoms with Crippen molar-refractivity contribution in [1.82, 2.24) is 13.9 Å². The van der Waals surface area contributed by atoms with Gasteiger partial charge in [-0.15, -0.1) is 0 Å². The first kappa shape index (κ1) is 30.4. The minimum absolute atomic E-state index is 0.00920. The second-order valence-electron chi connectivity index (χ2n) is 11.9. The highest BCUT2D eigenvalue weighted by molar-refractivity contribution is 7.89. The molecule has 2 unspecified atom stereocenters. The number of aliphatic hydroxyl groups excluding tert-OH is 1. The Labute approximate surface area is 253 Å². The third-order valence-electron chi connectivity index (χ3n) is 8.83. The van der Waals surface area contributed by atoms with Crippen LogP contribution in [0.15, 0.2) is 76.5 Å². The summed E-state index contributed by atoms with van der Waals surface area (Å²) in [7, 11) is -5.58. The highest BCUT2D eigenvalue weighted by Gasteiger charge is 2.44. The van der Waals surface area contributed by atoms with E-state index in [-0.39, 0.29) is 35.7 Å². The molecule has 2 heterocycles. The third kappa shape index (κ3) is 6.60. The molecule has 3 aromatic rings. The van der Waals surface area contributed by atoms with Gasteiger partial charge in [-0.1, -0.05) is 36.4 Å². The van der Waals surface area contributed by atoms with Crippen molar-refractivity contribution in [2.75, 3.05) is 39.9 Å². The van der Waals surface area contributed by atoms with Crippen LogP contribution in [0.2, 0.25) is 0 Å². The minimum Gasteiger partial charge on any atom is -0.491 e. The Balaban J connectivity index is 0.966. The van der Waals surface area contributed by atoms with Crippen LogP contribution in [0.3, 0.4) is 0 Å². The zero-order valence-electron chi connectivity index (χ0n) is 24.3. The number of hydrogen-bond donors (Lipinski definition) is 2. The molecule has 10 nitrogen and oxygen atoms in total. The van der Waals surface area contributed by atoms with Gasteiger partial charge in [-0.2, -0.15) is 8.61 Å². The van der Waals surface area contributed by atoms with Crippen LogP contribution in [0.25, 0.3) is 10.8 Å². The van der Waals surface area contributed by atoms with Crippen molar-refractivity contribution in [2.24, 2.45) is 0 Å². The van der Waals surface area contributed by atoms with Crippen molar-refractivity contribution in [1.29, 1.82) is 0 Å². The lowest BCUT2D eigenvalue weighted by Gasteiger charge is -2.38. The van der Waals surface area contributed by atoms with Crippen LogP contribution >= 0.6 is 0 Å². The van der Waals surface area contributed by atoms with Gasteiger partial charge in [-0.25, -0.2) is 16.8 Å². The lowest BCUT2D eigenvalue weighted by Crippen LogP contribution is -2.47. The predicted octanol–water partition coefficient (Wildman–Crippen LogP) is 2.96. The molecular weight excluding hydrogens is 590 g/mol. The normalized spacial score (nSPS) is 21.9. The average Bonchev–Trinajstić information content (AvgIpc) is 3.80. The fourth-order valence-corrected chi connectivity index (χ4v) is 8.94. The Morgan fingerprint density at radius 1 is 1.00 bits per heavy atom. The van der Waals surface area contributed by atoms with E-state index in [2.05, 4.69) is 5.32 Å². The summed E-state index contributed by atoms with van der Waals surface area (Å²) in [4.78, 5) is 0.487. The van der Waals surface area contributed by atoms with Gasteiger partial charge in [0, 0.05) is 44.8 Å². The van der Waals surface area contributed by atoms with Crippen LogP contribution in [0.5, 0.6) is 5.75 Å². The second kappa shape index (κ2) is 12.1. The van der Waals surface area contributed by atoms with E-state index in [1.54, 1.807) is 41.7 Å². The summed E-state index contributed by atoms with van der Waals surface area (Å²) in [6.07, 6.45) is 2.91. The number of sulfonamides is 2. The molecule has 1 aliphatic carbocycles. The van der Waals surface area contributed by atoms with Gasteiger partial charge in [-0.3, -0.25) is 0 Å². The molecule has 3 fully saturated rings. The molecule has 1 saturated carbocycles. The second-order valence-corrected chi connectivity index (χ2v) is 15.8. The topological polar surface area (TPSA) is 125 Å². The maximum Gasteiger partial charge on any atom is 0.243 e. The highest BCUT2D eigenvalue weighted by Crippen LogP contribution is 2.38. The van der Waals surface area contributed by atoms with Crippen LogP contribution in [0, 0.1) is 0 Å². The minimum atomic E-state index is -3.60. The Bertz CT molecular complexity index is 1670. The number of nitrogens with one attached hydrogen (secondary N) is 1. The van der Waals surface area contributed by atoms with Crippen LogP contribution in [0.1, 0.15) is 32.1 Å². The first-order valence-electron chi connectivity index (χ1n) is 14.8. The van der Waals surface area contributed by atoms with Gasteiger partial charge >= 0.3 is 0 Å². The summed E-state index contributed by atoms with van der Waals surface area (Å²) in [5.41, 5.74) is -0.381. The maximum atomic E-state index is 13.4. The van der Waals surface area contributed by atoms with Crippen molar-refractivity contribution < 1.29 is 31.4 Å². The molecular formula is C31H39N3O7S2. The maximum absolute atomic E-state index is 13.4. The zero-order valence-corrected chi connectivity index (χ0v) is 25.9. The molecule has 2 aliphatic heterocycles. The number of benzene rings is 3. The summed E-state index contributed by atoms with van der Waals surface area (Å²) in [5, 5.41) is 15.8. The molecule has 6 rings (SSSR count).